The topological polar surface area (TPSA) is 61.9 Å². The van der Waals surface area contributed by atoms with E-state index in [1.54, 1.807) is 11.8 Å². The second-order valence-corrected chi connectivity index (χ2v) is 4.32. The lowest BCUT2D eigenvalue weighted by molar-refractivity contribution is -0.141. The Morgan fingerprint density at radius 1 is 1.47 bits per heavy atom. The van der Waals surface area contributed by atoms with E-state index >= 15 is 0 Å². The number of likely N-dealkylation sites (N-methyl/N-ethyl adjacent to an activating group) is 1. The van der Waals surface area contributed by atoms with Crippen LogP contribution in [0.2, 0.25) is 0 Å². The molecule has 1 N–H and O–H groups in total. The van der Waals surface area contributed by atoms with Crippen LogP contribution in [-0.4, -0.2) is 68.2 Å². The van der Waals surface area contributed by atoms with Crippen LogP contribution in [0.25, 0.3) is 0 Å². The van der Waals surface area contributed by atoms with Crippen molar-refractivity contribution in [2.24, 2.45) is 0 Å². The molecule has 0 aromatic carbocycles. The highest BCUT2D eigenvalue weighted by Gasteiger charge is 2.27. The van der Waals surface area contributed by atoms with Crippen molar-refractivity contribution in [1.82, 2.24) is 15.1 Å². The minimum atomic E-state index is -0.399. The summed E-state index contributed by atoms with van der Waals surface area (Å²) in [5, 5.41) is 2.56. The number of hydrogen-bond donors (Lipinski definition) is 1. The summed E-state index contributed by atoms with van der Waals surface area (Å²) in [4.78, 5) is 26.6. The van der Waals surface area contributed by atoms with Crippen LogP contribution < -0.4 is 5.32 Å². The largest absolute Gasteiger partial charge is 0.465 e. The number of carbonyl (C=O) groups excluding carboxylic acids is 2. The predicted molar refractivity (Wildman–Crippen MR) is 63.7 cm³/mol. The van der Waals surface area contributed by atoms with E-state index in [0.29, 0.717) is 19.2 Å². The summed E-state index contributed by atoms with van der Waals surface area (Å²) in [5.74, 6) is -0.399. The van der Waals surface area contributed by atoms with Crippen molar-refractivity contribution in [3.63, 3.8) is 0 Å². The van der Waals surface area contributed by atoms with Crippen LogP contribution in [0, 0.1) is 0 Å². The number of carbonyl (C=O) groups is 2. The molecule has 1 aliphatic heterocycles. The molecule has 1 atom stereocenters. The van der Waals surface area contributed by atoms with Crippen LogP contribution in [0.3, 0.4) is 0 Å². The third kappa shape index (κ3) is 4.22. The molecule has 1 saturated heterocycles. The fourth-order valence-electron chi connectivity index (χ4n) is 1.82. The summed E-state index contributed by atoms with van der Waals surface area (Å²) in [6.07, 6.45) is 0.972. The van der Waals surface area contributed by atoms with Crippen molar-refractivity contribution in [2.45, 2.75) is 19.4 Å². The Morgan fingerprint density at radius 2 is 2.18 bits per heavy atom. The van der Waals surface area contributed by atoms with E-state index in [1.165, 1.54) is 0 Å². The van der Waals surface area contributed by atoms with Crippen LogP contribution in [0.5, 0.6) is 0 Å². The maximum absolute atomic E-state index is 11.7. The molecule has 0 aromatic heterocycles. The average molecular weight is 243 g/mol. The molecule has 0 spiro atoms. The van der Waals surface area contributed by atoms with Crippen molar-refractivity contribution in [1.29, 1.82) is 0 Å². The molecule has 1 rings (SSSR count). The van der Waals surface area contributed by atoms with Gasteiger partial charge < -0.3 is 19.9 Å². The van der Waals surface area contributed by atoms with E-state index in [4.69, 9.17) is 4.74 Å². The molecule has 0 saturated carbocycles. The van der Waals surface area contributed by atoms with Gasteiger partial charge in [0.2, 0.25) is 0 Å². The highest BCUT2D eigenvalue weighted by Crippen LogP contribution is 2.12. The SMILES string of the molecule is CCOC(=O)CNC(=O)N1CCC(N(C)C)C1. The van der Waals surface area contributed by atoms with Gasteiger partial charge >= 0.3 is 12.0 Å². The first-order valence-corrected chi connectivity index (χ1v) is 5.89. The summed E-state index contributed by atoms with van der Waals surface area (Å²) in [6, 6.07) is 0.214. The molecule has 1 fully saturated rings. The minimum Gasteiger partial charge on any atom is -0.465 e. The van der Waals surface area contributed by atoms with Gasteiger partial charge in [-0.15, -0.1) is 0 Å². The molecular weight excluding hydrogens is 222 g/mol. The Morgan fingerprint density at radius 3 is 2.71 bits per heavy atom. The molecule has 1 unspecified atom stereocenters. The number of ether oxygens (including phenoxy) is 1. The average Bonchev–Trinajstić information content (AvgIpc) is 2.75. The number of nitrogens with one attached hydrogen (secondary N) is 1. The van der Waals surface area contributed by atoms with Gasteiger partial charge in [0.25, 0.3) is 0 Å². The summed E-state index contributed by atoms with van der Waals surface area (Å²) >= 11 is 0. The Kier molecular flexibility index (Phi) is 5.21. The molecule has 1 aliphatic rings. The van der Waals surface area contributed by atoms with Gasteiger partial charge in [-0.3, -0.25) is 4.79 Å². The van der Waals surface area contributed by atoms with Crippen molar-refractivity contribution in [2.75, 3.05) is 40.3 Å². The number of amides is 2. The molecule has 0 bridgehead atoms. The third-order valence-electron chi connectivity index (χ3n) is 2.87. The van der Waals surface area contributed by atoms with Crippen LogP contribution in [0.4, 0.5) is 4.79 Å². The monoisotopic (exact) mass is 243 g/mol. The zero-order valence-corrected chi connectivity index (χ0v) is 10.7. The van der Waals surface area contributed by atoms with Gasteiger partial charge in [-0.05, 0) is 27.4 Å². The third-order valence-corrected chi connectivity index (χ3v) is 2.87. The fourth-order valence-corrected chi connectivity index (χ4v) is 1.82. The van der Waals surface area contributed by atoms with E-state index in [-0.39, 0.29) is 12.6 Å². The zero-order chi connectivity index (χ0) is 12.8. The van der Waals surface area contributed by atoms with E-state index in [9.17, 15) is 9.59 Å². The first-order chi connectivity index (χ1) is 8.04. The van der Waals surface area contributed by atoms with Crippen molar-refractivity contribution < 1.29 is 14.3 Å². The van der Waals surface area contributed by atoms with Gasteiger partial charge in [0, 0.05) is 19.1 Å². The Balaban J connectivity index is 2.27. The second-order valence-electron chi connectivity index (χ2n) is 4.32. The number of likely N-dealkylation sites (tertiary alicyclic amines) is 1. The zero-order valence-electron chi connectivity index (χ0n) is 10.7. The van der Waals surface area contributed by atoms with Gasteiger partial charge in [0.15, 0.2) is 0 Å². The number of hydrogen-bond acceptors (Lipinski definition) is 4. The molecule has 98 valence electrons. The smallest absolute Gasteiger partial charge is 0.325 e. The Labute approximate surface area is 102 Å². The quantitative estimate of drug-likeness (QED) is 0.700. The number of nitrogens with zero attached hydrogens (tertiary/aromatic N) is 2. The molecule has 6 heteroatoms. The molecule has 2 amide bonds. The number of esters is 1. The summed E-state index contributed by atoms with van der Waals surface area (Å²) in [6.45, 7) is 3.46. The van der Waals surface area contributed by atoms with Crippen LogP contribution in [-0.2, 0) is 9.53 Å². The highest BCUT2D eigenvalue weighted by molar-refractivity contribution is 5.81. The summed E-state index contributed by atoms with van der Waals surface area (Å²) in [7, 11) is 4.01. The molecule has 0 aliphatic carbocycles. The van der Waals surface area contributed by atoms with Crippen LogP contribution in [0.15, 0.2) is 0 Å². The first kappa shape index (κ1) is 13.8. The molecule has 0 radical (unpaired) electrons. The lowest BCUT2D eigenvalue weighted by atomic mass is 10.2. The molecule has 6 nitrogen and oxygen atoms in total. The Bertz CT molecular complexity index is 281. The van der Waals surface area contributed by atoms with Gasteiger partial charge in [0.1, 0.15) is 6.54 Å². The molecule has 17 heavy (non-hydrogen) atoms. The minimum absolute atomic E-state index is 0.0597. The number of rotatable bonds is 4. The van der Waals surface area contributed by atoms with E-state index in [2.05, 4.69) is 10.2 Å². The van der Waals surface area contributed by atoms with E-state index < -0.39 is 5.97 Å². The maximum atomic E-state index is 11.7. The van der Waals surface area contributed by atoms with Crippen LogP contribution in [0.1, 0.15) is 13.3 Å². The van der Waals surface area contributed by atoms with Gasteiger partial charge in [-0.2, -0.15) is 0 Å². The standard InChI is InChI=1S/C11H21N3O3/c1-4-17-10(15)7-12-11(16)14-6-5-9(8-14)13(2)3/h9H,4-8H2,1-3H3,(H,12,16). The van der Waals surface area contributed by atoms with Crippen molar-refractivity contribution in [3.8, 4) is 0 Å². The van der Waals surface area contributed by atoms with E-state index in [0.717, 1.165) is 13.0 Å². The highest BCUT2D eigenvalue weighted by atomic mass is 16.5. The normalized spacial score (nSPS) is 19.5. The van der Waals surface area contributed by atoms with Crippen LogP contribution >= 0.6 is 0 Å². The maximum Gasteiger partial charge on any atom is 0.325 e. The summed E-state index contributed by atoms with van der Waals surface area (Å²) in [5.41, 5.74) is 0. The molecule has 0 aromatic rings. The fraction of sp³-hybridized carbons (Fsp3) is 0.818. The van der Waals surface area contributed by atoms with Gasteiger partial charge in [-0.1, -0.05) is 0 Å². The Hall–Kier alpha value is -1.30. The lowest BCUT2D eigenvalue weighted by Gasteiger charge is -2.20. The first-order valence-electron chi connectivity index (χ1n) is 5.89. The number of urea groups is 1. The van der Waals surface area contributed by atoms with Crippen molar-refractivity contribution in [3.05, 3.63) is 0 Å². The molecular formula is C11H21N3O3. The summed E-state index contributed by atoms with van der Waals surface area (Å²) < 4.78 is 4.73. The second kappa shape index (κ2) is 6.44. The van der Waals surface area contributed by atoms with Crippen molar-refractivity contribution >= 4 is 12.0 Å². The molecule has 1 heterocycles. The predicted octanol–water partition coefficient (Wildman–Crippen LogP) is -0.105. The van der Waals surface area contributed by atoms with Gasteiger partial charge in [0.05, 0.1) is 6.61 Å². The van der Waals surface area contributed by atoms with E-state index in [1.807, 2.05) is 14.1 Å². The van der Waals surface area contributed by atoms with Gasteiger partial charge in [-0.25, -0.2) is 4.79 Å². The lowest BCUT2D eigenvalue weighted by Crippen LogP contribution is -2.42.